The van der Waals surface area contributed by atoms with Crippen LogP contribution in [0.1, 0.15) is 22.8 Å². The van der Waals surface area contributed by atoms with Crippen molar-refractivity contribution < 1.29 is 22.7 Å². The molecule has 1 aliphatic heterocycles. The van der Waals surface area contributed by atoms with Gasteiger partial charge in [0.1, 0.15) is 12.4 Å². The predicted octanol–water partition coefficient (Wildman–Crippen LogP) is 3.07. The first kappa shape index (κ1) is 23.5. The molecule has 0 atom stereocenters. The van der Waals surface area contributed by atoms with Crippen molar-refractivity contribution >= 4 is 27.5 Å². The lowest BCUT2D eigenvalue weighted by Crippen LogP contribution is -2.41. The van der Waals surface area contributed by atoms with E-state index in [2.05, 4.69) is 0 Å². The van der Waals surface area contributed by atoms with Crippen LogP contribution in [0.25, 0.3) is 0 Å². The zero-order chi connectivity index (χ0) is 22.4. The van der Waals surface area contributed by atoms with Gasteiger partial charge in [0.05, 0.1) is 24.7 Å². The first-order valence-electron chi connectivity index (χ1n) is 10.2. The van der Waals surface area contributed by atoms with Gasteiger partial charge in [0, 0.05) is 30.7 Å². The maximum absolute atomic E-state index is 13.2. The molecule has 1 fully saturated rings. The van der Waals surface area contributed by atoms with E-state index in [1.165, 1.54) is 15.3 Å². The number of benzene rings is 2. The minimum absolute atomic E-state index is 0.188. The zero-order valence-electron chi connectivity index (χ0n) is 17.7. The Kier molecular flexibility index (Phi) is 7.94. The molecule has 0 saturated carbocycles. The van der Waals surface area contributed by atoms with Gasteiger partial charge in [0.25, 0.3) is 5.91 Å². The molecule has 0 aliphatic carbocycles. The molecule has 0 spiro atoms. The lowest BCUT2D eigenvalue weighted by Gasteiger charge is -2.27. The molecule has 1 saturated heterocycles. The summed E-state index contributed by atoms with van der Waals surface area (Å²) in [6.45, 7) is 3.91. The second kappa shape index (κ2) is 10.5. The van der Waals surface area contributed by atoms with Crippen molar-refractivity contribution in [2.75, 3.05) is 46.5 Å². The molecule has 1 heterocycles. The van der Waals surface area contributed by atoms with Gasteiger partial charge in [0.15, 0.2) is 0 Å². The molecular formula is C22H27ClN2O5S. The first-order valence-corrected chi connectivity index (χ1v) is 12.0. The average molecular weight is 467 g/mol. The summed E-state index contributed by atoms with van der Waals surface area (Å²) in [5, 5.41) is 0.623. The maximum atomic E-state index is 13.2. The fraction of sp³-hybridized carbons (Fsp3) is 0.409. The summed E-state index contributed by atoms with van der Waals surface area (Å²) in [7, 11) is -2.03. The number of sulfonamides is 1. The number of ether oxygens (including phenoxy) is 2. The van der Waals surface area contributed by atoms with Crippen LogP contribution < -0.4 is 4.74 Å². The summed E-state index contributed by atoms with van der Waals surface area (Å²) < 4.78 is 38.7. The van der Waals surface area contributed by atoms with E-state index in [4.69, 9.17) is 21.1 Å². The molecule has 0 unspecified atom stereocenters. The highest BCUT2D eigenvalue weighted by Crippen LogP contribution is 2.24. The van der Waals surface area contributed by atoms with Gasteiger partial charge in [0.2, 0.25) is 10.0 Å². The summed E-state index contributed by atoms with van der Waals surface area (Å²) in [6.07, 6.45) is 0.554. The normalized spacial score (nSPS) is 14.9. The first-order chi connectivity index (χ1) is 14.8. The van der Waals surface area contributed by atoms with E-state index in [1.807, 2.05) is 6.92 Å². The third-order valence-corrected chi connectivity index (χ3v) is 7.37. The van der Waals surface area contributed by atoms with Crippen molar-refractivity contribution in [1.82, 2.24) is 9.21 Å². The van der Waals surface area contributed by atoms with E-state index in [-0.39, 0.29) is 10.8 Å². The highest BCUT2D eigenvalue weighted by molar-refractivity contribution is 7.89. The van der Waals surface area contributed by atoms with Gasteiger partial charge in [-0.3, -0.25) is 4.79 Å². The van der Waals surface area contributed by atoms with Crippen molar-refractivity contribution in [3.8, 4) is 5.75 Å². The van der Waals surface area contributed by atoms with Crippen molar-refractivity contribution in [2.24, 2.45) is 0 Å². The molecular weight excluding hydrogens is 440 g/mol. The maximum Gasteiger partial charge on any atom is 0.253 e. The molecule has 31 heavy (non-hydrogen) atoms. The molecule has 0 N–H and O–H groups in total. The molecule has 7 nitrogen and oxygen atoms in total. The highest BCUT2D eigenvalue weighted by Gasteiger charge is 2.29. The van der Waals surface area contributed by atoms with Gasteiger partial charge in [-0.05, 0) is 48.4 Å². The molecule has 0 bridgehead atoms. The van der Waals surface area contributed by atoms with Gasteiger partial charge < -0.3 is 14.4 Å². The lowest BCUT2D eigenvalue weighted by molar-refractivity contribution is 0.0729. The van der Waals surface area contributed by atoms with Crippen LogP contribution in [0.4, 0.5) is 0 Å². The summed E-state index contributed by atoms with van der Waals surface area (Å²) in [5.41, 5.74) is 1.02. The molecule has 1 amide bonds. The Morgan fingerprint density at radius 1 is 1.16 bits per heavy atom. The third kappa shape index (κ3) is 5.77. The number of likely N-dealkylation sites (N-methyl/N-ethyl adjacent to an activating group) is 1. The fourth-order valence-electron chi connectivity index (χ4n) is 3.30. The largest absolute Gasteiger partial charge is 0.492 e. The number of hydrogen-bond acceptors (Lipinski definition) is 5. The quantitative estimate of drug-likeness (QED) is 0.597. The number of nitrogens with zero attached hydrogens (tertiary/aromatic N) is 2. The number of halogens is 1. The van der Waals surface area contributed by atoms with Crippen molar-refractivity contribution in [1.29, 1.82) is 0 Å². The van der Waals surface area contributed by atoms with Crippen LogP contribution in [-0.4, -0.2) is 70.0 Å². The molecule has 0 radical (unpaired) electrons. The molecule has 1 aliphatic rings. The molecule has 3 rings (SSSR count). The smallest absolute Gasteiger partial charge is 0.253 e. The van der Waals surface area contributed by atoms with Crippen LogP contribution in [-0.2, 0) is 21.2 Å². The lowest BCUT2D eigenvalue weighted by atomic mass is 10.1. The van der Waals surface area contributed by atoms with Gasteiger partial charge in [-0.2, -0.15) is 4.31 Å². The van der Waals surface area contributed by atoms with Crippen molar-refractivity contribution in [3.05, 3.63) is 58.6 Å². The molecule has 2 aromatic carbocycles. The molecule has 9 heteroatoms. The minimum Gasteiger partial charge on any atom is -0.492 e. The number of carbonyl (C=O) groups excluding carboxylic acids is 1. The minimum atomic E-state index is -3.70. The number of rotatable bonds is 8. The Balaban J connectivity index is 1.71. The standard InChI is InChI=1S/C22H27ClN2O5S/c1-3-17-4-5-18(16-21(17)31(27,28)25-11-13-29-14-12-25)22(26)24(2)10-15-30-20-8-6-19(23)7-9-20/h4-9,16H,3,10-15H2,1-2H3. The summed E-state index contributed by atoms with van der Waals surface area (Å²) in [4.78, 5) is 14.6. The SMILES string of the molecule is CCc1ccc(C(=O)N(C)CCOc2ccc(Cl)cc2)cc1S(=O)(=O)N1CCOCC1. The topological polar surface area (TPSA) is 76.2 Å². The highest BCUT2D eigenvalue weighted by atomic mass is 35.5. The fourth-order valence-corrected chi connectivity index (χ4v) is 5.15. The number of amides is 1. The number of carbonyl (C=O) groups is 1. The van der Waals surface area contributed by atoms with E-state index in [9.17, 15) is 13.2 Å². The number of morpholine rings is 1. The Labute approximate surface area is 188 Å². The van der Waals surface area contributed by atoms with Gasteiger partial charge in [-0.15, -0.1) is 0 Å². The summed E-state index contributed by atoms with van der Waals surface area (Å²) in [5.74, 6) is 0.400. The second-order valence-corrected chi connectivity index (χ2v) is 9.56. The van der Waals surface area contributed by atoms with Crippen LogP contribution >= 0.6 is 11.6 Å². The monoisotopic (exact) mass is 466 g/mol. The van der Waals surface area contributed by atoms with E-state index >= 15 is 0 Å². The van der Waals surface area contributed by atoms with Crippen LogP contribution in [0.15, 0.2) is 47.4 Å². The summed E-state index contributed by atoms with van der Waals surface area (Å²) in [6, 6.07) is 11.9. The Morgan fingerprint density at radius 2 is 1.84 bits per heavy atom. The van der Waals surface area contributed by atoms with Crippen molar-refractivity contribution in [3.63, 3.8) is 0 Å². The van der Waals surface area contributed by atoms with Crippen molar-refractivity contribution in [2.45, 2.75) is 18.2 Å². The van der Waals surface area contributed by atoms with Crippen LogP contribution in [0.3, 0.4) is 0 Å². The van der Waals surface area contributed by atoms with E-state index in [1.54, 1.807) is 43.4 Å². The second-order valence-electron chi connectivity index (χ2n) is 7.22. The number of aryl methyl sites for hydroxylation is 1. The Morgan fingerprint density at radius 3 is 2.48 bits per heavy atom. The van der Waals surface area contributed by atoms with Crippen LogP contribution in [0.2, 0.25) is 5.02 Å². The Hall–Kier alpha value is -2.13. The molecule has 168 valence electrons. The average Bonchev–Trinajstić information content (AvgIpc) is 2.80. The van der Waals surface area contributed by atoms with Gasteiger partial charge in [-0.1, -0.05) is 24.6 Å². The zero-order valence-corrected chi connectivity index (χ0v) is 19.3. The predicted molar refractivity (Wildman–Crippen MR) is 119 cm³/mol. The van der Waals surface area contributed by atoms with Gasteiger partial charge >= 0.3 is 0 Å². The summed E-state index contributed by atoms with van der Waals surface area (Å²) >= 11 is 5.86. The Bertz CT molecular complexity index is 1010. The van der Waals surface area contributed by atoms with Gasteiger partial charge in [-0.25, -0.2) is 8.42 Å². The van der Waals surface area contributed by atoms with Crippen LogP contribution in [0.5, 0.6) is 5.75 Å². The van der Waals surface area contributed by atoms with E-state index in [0.717, 1.165) is 0 Å². The molecule has 0 aromatic heterocycles. The van der Waals surface area contributed by atoms with Crippen LogP contribution in [0, 0.1) is 0 Å². The third-order valence-electron chi connectivity index (χ3n) is 5.14. The van der Waals surface area contributed by atoms with E-state index < -0.39 is 10.0 Å². The number of hydrogen-bond donors (Lipinski definition) is 0. The van der Waals surface area contributed by atoms with E-state index in [0.29, 0.717) is 67.8 Å². The molecule has 2 aromatic rings.